The van der Waals surface area contributed by atoms with Gasteiger partial charge >= 0.3 is 5.97 Å². The molecular weight excluding hydrogens is 357 g/mol. The number of unbranched alkanes of at least 4 members (excludes halogenated alkanes) is 1. The van der Waals surface area contributed by atoms with Crippen LogP contribution >= 0.6 is 0 Å². The van der Waals surface area contributed by atoms with Crippen LogP contribution in [0.3, 0.4) is 0 Å². The van der Waals surface area contributed by atoms with Gasteiger partial charge in [-0.05, 0) is 63.4 Å². The van der Waals surface area contributed by atoms with E-state index >= 15 is 0 Å². The van der Waals surface area contributed by atoms with Crippen molar-refractivity contribution in [1.82, 2.24) is 0 Å². The van der Waals surface area contributed by atoms with E-state index in [0.717, 1.165) is 18.4 Å². The zero-order valence-corrected chi connectivity index (χ0v) is 16.3. The van der Waals surface area contributed by atoms with Gasteiger partial charge in [0, 0.05) is 12.0 Å². The monoisotopic (exact) mass is 381 g/mol. The van der Waals surface area contributed by atoms with Gasteiger partial charge in [0.05, 0.1) is 11.1 Å². The van der Waals surface area contributed by atoms with Crippen LogP contribution in [-0.4, -0.2) is 17.5 Å². The summed E-state index contributed by atoms with van der Waals surface area (Å²) < 4.78 is 19.8. The Bertz CT molecular complexity index is 916. The van der Waals surface area contributed by atoms with Crippen LogP contribution in [0.5, 0.6) is 0 Å². The van der Waals surface area contributed by atoms with Crippen LogP contribution < -0.4 is 5.73 Å². The molecule has 0 bridgehead atoms. The number of hydrogen-bond acceptors (Lipinski definition) is 3. The van der Waals surface area contributed by atoms with Crippen molar-refractivity contribution in [1.29, 1.82) is 0 Å². The molecule has 2 aromatic rings. The molecule has 0 radical (unpaired) electrons. The molecule has 2 N–H and O–H groups in total. The molecule has 0 spiro atoms. The molecule has 0 aromatic heterocycles. The van der Waals surface area contributed by atoms with Crippen LogP contribution in [0.2, 0.25) is 0 Å². The number of benzene rings is 2. The molecular formula is C23H24FNO3. The summed E-state index contributed by atoms with van der Waals surface area (Å²) >= 11 is 0. The average molecular weight is 381 g/mol. The summed E-state index contributed by atoms with van der Waals surface area (Å²) in [6.45, 7) is 5.19. The third-order valence-corrected chi connectivity index (χ3v) is 3.85. The van der Waals surface area contributed by atoms with Crippen LogP contribution in [0, 0.1) is 17.7 Å². The minimum atomic E-state index is -0.701. The average Bonchev–Trinajstić information content (AvgIpc) is 2.61. The van der Waals surface area contributed by atoms with Crippen molar-refractivity contribution in [2.75, 3.05) is 0 Å². The molecule has 28 heavy (non-hydrogen) atoms. The highest BCUT2D eigenvalue weighted by molar-refractivity contribution is 5.92. The summed E-state index contributed by atoms with van der Waals surface area (Å²) in [6, 6.07) is 11.6. The predicted octanol–water partition coefficient (Wildman–Crippen LogP) is 4.25. The van der Waals surface area contributed by atoms with Crippen molar-refractivity contribution in [3.8, 4) is 11.8 Å². The zero-order chi connectivity index (χ0) is 20.7. The van der Waals surface area contributed by atoms with E-state index in [1.54, 1.807) is 45.0 Å². The van der Waals surface area contributed by atoms with Gasteiger partial charge in [-0.3, -0.25) is 4.79 Å². The molecule has 0 saturated carbocycles. The first-order chi connectivity index (χ1) is 13.2. The number of carbonyl (C=O) groups excluding carboxylic acids is 2. The largest absolute Gasteiger partial charge is 0.456 e. The third-order valence-electron chi connectivity index (χ3n) is 3.85. The maximum atomic E-state index is 14.5. The number of ether oxygens (including phenoxy) is 1. The molecule has 0 unspecified atom stereocenters. The molecule has 0 heterocycles. The summed E-state index contributed by atoms with van der Waals surface area (Å²) in [6.07, 6.45) is 2.15. The van der Waals surface area contributed by atoms with Crippen molar-refractivity contribution < 1.29 is 18.7 Å². The molecule has 2 rings (SSSR count). The SMILES string of the molecule is CC(C)(C)OC(=O)c1cccc(C#CCCCc2ccc(C(N)=O)cc2)c1F. The first kappa shape index (κ1) is 21.2. The van der Waals surface area contributed by atoms with Crippen LogP contribution in [0.4, 0.5) is 4.39 Å². The van der Waals surface area contributed by atoms with E-state index in [0.29, 0.717) is 12.0 Å². The van der Waals surface area contributed by atoms with E-state index in [-0.39, 0.29) is 11.1 Å². The van der Waals surface area contributed by atoms with Crippen molar-refractivity contribution in [2.24, 2.45) is 5.73 Å². The quantitative estimate of drug-likeness (QED) is 0.478. The second-order valence-corrected chi connectivity index (χ2v) is 7.39. The van der Waals surface area contributed by atoms with Crippen LogP contribution in [0.15, 0.2) is 42.5 Å². The number of amides is 1. The third kappa shape index (κ3) is 6.24. The Hall–Kier alpha value is -3.13. The first-order valence-corrected chi connectivity index (χ1v) is 9.07. The Morgan fingerprint density at radius 3 is 2.39 bits per heavy atom. The van der Waals surface area contributed by atoms with Gasteiger partial charge in [-0.25, -0.2) is 9.18 Å². The van der Waals surface area contributed by atoms with Gasteiger partial charge < -0.3 is 10.5 Å². The van der Waals surface area contributed by atoms with E-state index in [4.69, 9.17) is 10.5 Å². The van der Waals surface area contributed by atoms with E-state index < -0.39 is 23.3 Å². The van der Waals surface area contributed by atoms with E-state index in [9.17, 15) is 14.0 Å². The minimum absolute atomic E-state index is 0.115. The number of nitrogens with two attached hydrogens (primary N) is 1. The molecule has 4 nitrogen and oxygen atoms in total. The summed E-state index contributed by atoms with van der Waals surface area (Å²) in [5.74, 6) is 3.92. The Morgan fingerprint density at radius 1 is 1.11 bits per heavy atom. The Morgan fingerprint density at radius 2 is 1.79 bits per heavy atom. The molecule has 0 aliphatic rings. The lowest BCUT2D eigenvalue weighted by atomic mass is 10.1. The summed E-state index contributed by atoms with van der Waals surface area (Å²) in [7, 11) is 0. The van der Waals surface area contributed by atoms with Crippen LogP contribution in [0.1, 0.15) is 65.5 Å². The smallest absolute Gasteiger partial charge is 0.341 e. The zero-order valence-electron chi connectivity index (χ0n) is 16.3. The van der Waals surface area contributed by atoms with Crippen molar-refractivity contribution >= 4 is 11.9 Å². The van der Waals surface area contributed by atoms with Gasteiger partial charge in [0.1, 0.15) is 5.60 Å². The van der Waals surface area contributed by atoms with Gasteiger partial charge in [-0.15, -0.1) is 0 Å². The number of rotatable bonds is 5. The lowest BCUT2D eigenvalue weighted by molar-refractivity contribution is 0.00645. The maximum Gasteiger partial charge on any atom is 0.341 e. The summed E-state index contributed by atoms with van der Waals surface area (Å²) in [4.78, 5) is 23.1. The molecule has 0 aliphatic heterocycles. The molecule has 0 aliphatic carbocycles. The number of esters is 1. The fourth-order valence-corrected chi connectivity index (χ4v) is 2.49. The van der Waals surface area contributed by atoms with Crippen molar-refractivity contribution in [3.63, 3.8) is 0 Å². The Balaban J connectivity index is 1.96. The normalized spacial score (nSPS) is 10.7. The summed E-state index contributed by atoms with van der Waals surface area (Å²) in [5, 5.41) is 0. The van der Waals surface area contributed by atoms with Gasteiger partial charge in [-0.2, -0.15) is 0 Å². The molecule has 0 atom stereocenters. The van der Waals surface area contributed by atoms with Crippen molar-refractivity contribution in [3.05, 3.63) is 70.5 Å². The standard InChI is InChI=1S/C23H24FNO3/c1-23(2,3)28-22(27)19-11-7-10-17(20(19)24)9-6-4-5-8-16-12-14-18(15-13-16)21(25)26/h7,10-15H,4-5,8H2,1-3H3,(H2,25,26). The topological polar surface area (TPSA) is 69.4 Å². The fourth-order valence-electron chi connectivity index (χ4n) is 2.49. The number of halogens is 1. The fraction of sp³-hybridized carbons (Fsp3) is 0.304. The highest BCUT2D eigenvalue weighted by atomic mass is 19.1. The van der Waals surface area contributed by atoms with E-state index in [1.165, 1.54) is 6.07 Å². The van der Waals surface area contributed by atoms with E-state index in [1.807, 2.05) is 12.1 Å². The molecule has 5 heteroatoms. The molecule has 0 saturated heterocycles. The maximum absolute atomic E-state index is 14.5. The highest BCUT2D eigenvalue weighted by Crippen LogP contribution is 2.17. The lowest BCUT2D eigenvalue weighted by Crippen LogP contribution is -2.24. The van der Waals surface area contributed by atoms with Crippen LogP contribution in [0.25, 0.3) is 0 Å². The number of hydrogen-bond donors (Lipinski definition) is 1. The molecule has 0 fully saturated rings. The van der Waals surface area contributed by atoms with Gasteiger partial charge in [0.15, 0.2) is 5.82 Å². The van der Waals surface area contributed by atoms with Gasteiger partial charge in [0.2, 0.25) is 5.91 Å². The number of carbonyl (C=O) groups is 2. The number of primary amides is 1. The Kier molecular flexibility index (Phi) is 6.94. The van der Waals surface area contributed by atoms with Crippen LogP contribution in [-0.2, 0) is 11.2 Å². The second-order valence-electron chi connectivity index (χ2n) is 7.39. The van der Waals surface area contributed by atoms with Gasteiger partial charge in [-0.1, -0.05) is 30.0 Å². The summed E-state index contributed by atoms with van der Waals surface area (Å²) in [5.41, 5.74) is 6.13. The predicted molar refractivity (Wildman–Crippen MR) is 106 cm³/mol. The lowest BCUT2D eigenvalue weighted by Gasteiger charge is -2.19. The molecule has 146 valence electrons. The second kappa shape index (κ2) is 9.18. The van der Waals surface area contributed by atoms with Crippen molar-refractivity contribution in [2.45, 2.75) is 45.6 Å². The molecule has 1 amide bonds. The highest BCUT2D eigenvalue weighted by Gasteiger charge is 2.21. The Labute approximate surface area is 164 Å². The first-order valence-electron chi connectivity index (χ1n) is 9.07. The molecule has 2 aromatic carbocycles. The number of aryl methyl sites for hydroxylation is 1. The van der Waals surface area contributed by atoms with Gasteiger partial charge in [0.25, 0.3) is 0 Å². The van der Waals surface area contributed by atoms with E-state index in [2.05, 4.69) is 11.8 Å². The minimum Gasteiger partial charge on any atom is -0.456 e.